The highest BCUT2D eigenvalue weighted by Gasteiger charge is 2.24. The van der Waals surface area contributed by atoms with Gasteiger partial charge in [-0.25, -0.2) is 0 Å². The van der Waals surface area contributed by atoms with Crippen molar-refractivity contribution in [2.24, 2.45) is 13.0 Å². The van der Waals surface area contributed by atoms with Gasteiger partial charge >= 0.3 is 0 Å². The first-order chi connectivity index (χ1) is 8.56. The summed E-state index contributed by atoms with van der Waals surface area (Å²) in [5.74, 6) is 0.583. The Morgan fingerprint density at radius 3 is 2.67 bits per heavy atom. The van der Waals surface area contributed by atoms with Crippen LogP contribution >= 0.6 is 0 Å². The molecule has 0 aromatic carbocycles. The Labute approximate surface area is 108 Å². The van der Waals surface area contributed by atoms with E-state index in [0.29, 0.717) is 12.5 Å². The molecule has 0 amide bonds. The minimum atomic E-state index is -0.225. The molecule has 0 aliphatic carbocycles. The smallest absolute Gasteiger partial charge is 0.178 e. The van der Waals surface area contributed by atoms with Gasteiger partial charge in [-0.05, 0) is 44.8 Å². The van der Waals surface area contributed by atoms with Gasteiger partial charge in [0.2, 0.25) is 0 Å². The predicted molar refractivity (Wildman–Crippen MR) is 70.6 cm³/mol. The first-order valence-corrected chi connectivity index (χ1v) is 6.62. The fraction of sp³-hybridized carbons (Fsp3) is 0.643. The maximum atomic E-state index is 12.0. The van der Waals surface area contributed by atoms with Crippen molar-refractivity contribution in [3.8, 4) is 0 Å². The van der Waals surface area contributed by atoms with Crippen molar-refractivity contribution in [1.82, 2.24) is 9.47 Å². The zero-order valence-corrected chi connectivity index (χ0v) is 11.2. The zero-order valence-electron chi connectivity index (χ0n) is 11.2. The summed E-state index contributed by atoms with van der Waals surface area (Å²) in [4.78, 5) is 14.2. The standard InChI is InChI=1S/C14H22N2O2/c1-11(17)12-4-7-16(8-5-12)10-14(18)13-3-6-15(2)9-13/h3,6,9,11-12,17H,4-5,7-8,10H2,1-2H3. The first kappa shape index (κ1) is 13.3. The van der Waals surface area contributed by atoms with Crippen molar-refractivity contribution in [2.45, 2.75) is 25.9 Å². The second kappa shape index (κ2) is 5.67. The molecule has 1 saturated heterocycles. The van der Waals surface area contributed by atoms with Crippen molar-refractivity contribution in [3.05, 3.63) is 24.0 Å². The van der Waals surface area contributed by atoms with E-state index in [1.165, 1.54) is 0 Å². The van der Waals surface area contributed by atoms with E-state index in [2.05, 4.69) is 4.90 Å². The molecule has 1 aliphatic rings. The van der Waals surface area contributed by atoms with Crippen LogP contribution in [0, 0.1) is 5.92 Å². The van der Waals surface area contributed by atoms with Gasteiger partial charge in [-0.3, -0.25) is 9.69 Å². The fourth-order valence-corrected chi connectivity index (χ4v) is 2.56. The van der Waals surface area contributed by atoms with E-state index in [1.54, 1.807) is 0 Å². The summed E-state index contributed by atoms with van der Waals surface area (Å²) in [5, 5.41) is 9.54. The normalized spacial score (nSPS) is 19.9. The molecule has 0 bridgehead atoms. The number of aliphatic hydroxyl groups excluding tert-OH is 1. The summed E-state index contributed by atoms with van der Waals surface area (Å²) in [6.45, 7) is 4.17. The third kappa shape index (κ3) is 3.21. The number of aliphatic hydroxyl groups is 1. The van der Waals surface area contributed by atoms with Gasteiger partial charge in [-0.1, -0.05) is 0 Å². The highest BCUT2D eigenvalue weighted by atomic mass is 16.3. The van der Waals surface area contributed by atoms with Gasteiger partial charge in [-0.15, -0.1) is 0 Å². The minimum Gasteiger partial charge on any atom is -0.393 e. The number of aryl methyl sites for hydroxylation is 1. The zero-order chi connectivity index (χ0) is 13.1. The predicted octanol–water partition coefficient (Wildman–Crippen LogP) is 1.30. The number of hydrogen-bond donors (Lipinski definition) is 1. The molecule has 1 aromatic heterocycles. The Hall–Kier alpha value is -1.13. The molecule has 1 N–H and O–H groups in total. The van der Waals surface area contributed by atoms with Gasteiger partial charge in [-0.2, -0.15) is 0 Å². The van der Waals surface area contributed by atoms with Crippen molar-refractivity contribution in [3.63, 3.8) is 0 Å². The summed E-state index contributed by atoms with van der Waals surface area (Å²) in [5.41, 5.74) is 0.787. The molecule has 4 heteroatoms. The van der Waals surface area contributed by atoms with Gasteiger partial charge in [0, 0.05) is 25.0 Å². The summed E-state index contributed by atoms with van der Waals surface area (Å²) < 4.78 is 1.90. The van der Waals surface area contributed by atoms with Gasteiger partial charge in [0.05, 0.1) is 12.6 Å². The molecular weight excluding hydrogens is 228 g/mol. The molecule has 1 unspecified atom stereocenters. The van der Waals surface area contributed by atoms with E-state index in [-0.39, 0.29) is 11.9 Å². The average molecular weight is 250 g/mol. The maximum Gasteiger partial charge on any atom is 0.178 e. The Morgan fingerprint density at radius 2 is 2.17 bits per heavy atom. The van der Waals surface area contributed by atoms with E-state index >= 15 is 0 Å². The number of rotatable bonds is 4. The summed E-state index contributed by atoms with van der Waals surface area (Å²) in [6, 6.07) is 1.87. The Balaban J connectivity index is 1.83. The lowest BCUT2D eigenvalue weighted by molar-refractivity contribution is 0.0664. The lowest BCUT2D eigenvalue weighted by atomic mass is 9.92. The molecule has 1 aromatic rings. The number of piperidine rings is 1. The Bertz CT molecular complexity index is 404. The molecule has 18 heavy (non-hydrogen) atoms. The van der Waals surface area contributed by atoms with Crippen LogP contribution in [-0.2, 0) is 7.05 Å². The van der Waals surface area contributed by atoms with Crippen molar-refractivity contribution in [2.75, 3.05) is 19.6 Å². The third-order valence-corrected chi connectivity index (χ3v) is 3.84. The number of likely N-dealkylation sites (tertiary alicyclic amines) is 1. The van der Waals surface area contributed by atoms with Crippen LogP contribution in [0.1, 0.15) is 30.1 Å². The number of hydrogen-bond acceptors (Lipinski definition) is 3. The monoisotopic (exact) mass is 250 g/mol. The van der Waals surface area contributed by atoms with Crippen LogP contribution in [0.25, 0.3) is 0 Å². The van der Waals surface area contributed by atoms with Crippen LogP contribution < -0.4 is 0 Å². The van der Waals surface area contributed by atoms with Crippen LogP contribution in [0.3, 0.4) is 0 Å². The lowest BCUT2D eigenvalue weighted by Gasteiger charge is -2.32. The third-order valence-electron chi connectivity index (χ3n) is 3.84. The molecular formula is C14H22N2O2. The van der Waals surface area contributed by atoms with E-state index in [0.717, 1.165) is 31.5 Å². The summed E-state index contributed by atoms with van der Waals surface area (Å²) >= 11 is 0. The Kier molecular flexibility index (Phi) is 4.19. The highest BCUT2D eigenvalue weighted by Crippen LogP contribution is 2.20. The number of carbonyl (C=O) groups excluding carboxylic acids is 1. The van der Waals surface area contributed by atoms with Crippen molar-refractivity contribution >= 4 is 5.78 Å². The lowest BCUT2D eigenvalue weighted by Crippen LogP contribution is -2.39. The molecule has 0 saturated carbocycles. The average Bonchev–Trinajstić information content (AvgIpc) is 2.76. The number of Topliss-reactive ketones (excluding diaryl/α,β-unsaturated/α-hetero) is 1. The second-order valence-electron chi connectivity index (χ2n) is 5.34. The number of ketones is 1. The van der Waals surface area contributed by atoms with Crippen LogP contribution in [0.2, 0.25) is 0 Å². The fourth-order valence-electron chi connectivity index (χ4n) is 2.56. The summed E-state index contributed by atoms with van der Waals surface area (Å²) in [6.07, 6.45) is 5.51. The van der Waals surface area contributed by atoms with Gasteiger partial charge in [0.15, 0.2) is 5.78 Å². The van der Waals surface area contributed by atoms with Crippen LogP contribution in [0.15, 0.2) is 18.5 Å². The van der Waals surface area contributed by atoms with E-state index < -0.39 is 0 Å². The number of aromatic nitrogens is 1. The largest absolute Gasteiger partial charge is 0.393 e. The first-order valence-electron chi connectivity index (χ1n) is 6.62. The molecule has 1 atom stereocenters. The van der Waals surface area contributed by atoms with Crippen LogP contribution in [-0.4, -0.2) is 46.1 Å². The van der Waals surface area contributed by atoms with Crippen LogP contribution in [0.5, 0.6) is 0 Å². The topological polar surface area (TPSA) is 45.5 Å². The molecule has 1 fully saturated rings. The van der Waals surface area contributed by atoms with Crippen molar-refractivity contribution < 1.29 is 9.90 Å². The SMILES string of the molecule is CC(O)C1CCN(CC(=O)c2ccn(C)c2)CC1. The molecule has 4 nitrogen and oxygen atoms in total. The minimum absolute atomic E-state index is 0.186. The molecule has 0 radical (unpaired) electrons. The van der Waals surface area contributed by atoms with E-state index in [4.69, 9.17) is 0 Å². The number of carbonyl (C=O) groups is 1. The number of nitrogens with zero attached hydrogens (tertiary/aromatic N) is 2. The van der Waals surface area contributed by atoms with Gasteiger partial charge < -0.3 is 9.67 Å². The highest BCUT2D eigenvalue weighted by molar-refractivity contribution is 5.97. The maximum absolute atomic E-state index is 12.0. The second-order valence-corrected chi connectivity index (χ2v) is 5.34. The van der Waals surface area contributed by atoms with E-state index in [9.17, 15) is 9.90 Å². The van der Waals surface area contributed by atoms with E-state index in [1.807, 2.05) is 37.0 Å². The Morgan fingerprint density at radius 1 is 1.50 bits per heavy atom. The van der Waals surface area contributed by atoms with Gasteiger partial charge in [0.25, 0.3) is 0 Å². The van der Waals surface area contributed by atoms with Crippen molar-refractivity contribution in [1.29, 1.82) is 0 Å². The molecule has 2 heterocycles. The molecule has 1 aliphatic heterocycles. The molecule has 2 rings (SSSR count). The molecule has 100 valence electrons. The molecule has 0 spiro atoms. The quantitative estimate of drug-likeness (QED) is 0.819. The van der Waals surface area contributed by atoms with Crippen LogP contribution in [0.4, 0.5) is 0 Å². The van der Waals surface area contributed by atoms with Gasteiger partial charge in [0.1, 0.15) is 0 Å². The summed E-state index contributed by atoms with van der Waals surface area (Å²) in [7, 11) is 1.92.